The van der Waals surface area contributed by atoms with E-state index in [0.717, 1.165) is 0 Å². The van der Waals surface area contributed by atoms with Gasteiger partial charge in [-0.3, -0.25) is 0 Å². The van der Waals surface area contributed by atoms with Crippen molar-refractivity contribution >= 4 is 0 Å². The molecule has 0 N–H and O–H groups in total. The molecule has 0 unspecified atom stereocenters. The lowest BCUT2D eigenvalue weighted by Gasteiger charge is -2.24. The number of fused-ring (bicyclic) bond motifs is 9. The second-order valence-electron chi connectivity index (χ2n) is 19.7. The van der Waals surface area contributed by atoms with Crippen molar-refractivity contribution < 1.29 is 0 Å². The van der Waals surface area contributed by atoms with Crippen LogP contribution in [0.5, 0.6) is 0 Å². The third-order valence-corrected chi connectivity index (χ3v) is 15.1. The van der Waals surface area contributed by atoms with E-state index in [9.17, 15) is 0 Å². The summed E-state index contributed by atoms with van der Waals surface area (Å²) in [7, 11) is 0. The number of rotatable bonds is 5. The van der Waals surface area contributed by atoms with Gasteiger partial charge in [0, 0.05) is 16.2 Å². The molecule has 3 aliphatic carbocycles. The topological polar surface area (TPSA) is 0 Å². The average Bonchev–Trinajstić information content (AvgIpc) is 3.80. The number of benzene rings is 9. The normalized spacial score (nSPS) is 15.2. The third kappa shape index (κ3) is 5.60. The van der Waals surface area contributed by atoms with Crippen LogP contribution in [-0.4, -0.2) is 0 Å². The predicted octanol–water partition coefficient (Wildman–Crippen LogP) is 16.9. The van der Waals surface area contributed by atoms with Gasteiger partial charge in [0.15, 0.2) is 0 Å². The van der Waals surface area contributed by atoms with E-state index in [-0.39, 0.29) is 16.2 Å². The Bertz CT molecular complexity index is 3330. The van der Waals surface area contributed by atoms with E-state index in [1.165, 1.54) is 122 Å². The zero-order valence-corrected chi connectivity index (χ0v) is 37.0. The molecule has 0 saturated carbocycles. The van der Waals surface area contributed by atoms with Crippen molar-refractivity contribution in [1.82, 2.24) is 0 Å². The fourth-order valence-corrected chi connectivity index (χ4v) is 11.5. The Morgan fingerprint density at radius 2 is 0.460 bits per heavy atom. The molecule has 0 heterocycles. The summed E-state index contributed by atoms with van der Waals surface area (Å²) in [4.78, 5) is 0. The molecule has 0 heteroatoms. The van der Waals surface area contributed by atoms with E-state index in [2.05, 4.69) is 236 Å². The Kier molecular flexibility index (Phi) is 8.08. The molecule has 0 nitrogen and oxygen atoms in total. The van der Waals surface area contributed by atoms with Gasteiger partial charge in [0.1, 0.15) is 0 Å². The summed E-state index contributed by atoms with van der Waals surface area (Å²) in [6.45, 7) is 14.4. The van der Waals surface area contributed by atoms with E-state index < -0.39 is 0 Å². The molecule has 9 aromatic carbocycles. The highest BCUT2D eigenvalue weighted by Gasteiger charge is 2.39. The summed E-state index contributed by atoms with van der Waals surface area (Å²) in [6, 6.07) is 73.2. The van der Waals surface area contributed by atoms with Crippen LogP contribution in [0.25, 0.3) is 89.0 Å². The van der Waals surface area contributed by atoms with Crippen LogP contribution in [0, 0.1) is 0 Å². The Morgan fingerprint density at radius 1 is 0.190 bits per heavy atom. The minimum Gasteiger partial charge on any atom is -0.0622 e. The molecule has 0 amide bonds. The SMILES string of the molecule is CC1(C)c2ccccc2-c2ccc(-c3ccc4c(c3)C(C)(C)c3cc(-c5ccc6c(c5)C(C)(C)c5cc(-c7ccccc7-c7ccc(-c8ccccc8)cc7)ccc5-6)ccc3-4)cc21. The first-order valence-electron chi connectivity index (χ1n) is 22.6. The molecule has 0 radical (unpaired) electrons. The van der Waals surface area contributed by atoms with Crippen LogP contribution < -0.4 is 0 Å². The molecular weight excluding hydrogens is 757 g/mol. The highest BCUT2D eigenvalue weighted by atomic mass is 14.4. The van der Waals surface area contributed by atoms with Crippen molar-refractivity contribution in [2.75, 3.05) is 0 Å². The van der Waals surface area contributed by atoms with Crippen LogP contribution in [0.4, 0.5) is 0 Å². The molecular formula is C63H50. The first-order chi connectivity index (χ1) is 30.5. The lowest BCUT2D eigenvalue weighted by Crippen LogP contribution is -2.16. The van der Waals surface area contributed by atoms with Crippen molar-refractivity contribution in [2.45, 2.75) is 57.8 Å². The zero-order chi connectivity index (χ0) is 42.8. The molecule has 0 aromatic heterocycles. The predicted molar refractivity (Wildman–Crippen MR) is 266 cm³/mol. The van der Waals surface area contributed by atoms with Gasteiger partial charge in [-0.25, -0.2) is 0 Å². The summed E-state index contributed by atoms with van der Waals surface area (Å²) < 4.78 is 0. The van der Waals surface area contributed by atoms with Crippen LogP contribution in [0.2, 0.25) is 0 Å². The highest BCUT2D eigenvalue weighted by molar-refractivity contribution is 5.91. The van der Waals surface area contributed by atoms with E-state index in [1.807, 2.05) is 0 Å². The first-order valence-corrected chi connectivity index (χ1v) is 22.6. The van der Waals surface area contributed by atoms with Gasteiger partial charge in [0.2, 0.25) is 0 Å². The summed E-state index contributed by atoms with van der Waals surface area (Å²) in [5.74, 6) is 0. The second kappa shape index (κ2) is 13.5. The van der Waals surface area contributed by atoms with Crippen molar-refractivity contribution in [1.29, 1.82) is 0 Å². The smallest absolute Gasteiger partial charge is 0.0159 e. The highest BCUT2D eigenvalue weighted by Crippen LogP contribution is 2.54. The minimum atomic E-state index is -0.152. The maximum atomic E-state index is 2.47. The van der Waals surface area contributed by atoms with E-state index >= 15 is 0 Å². The molecule has 302 valence electrons. The molecule has 63 heavy (non-hydrogen) atoms. The molecule has 0 saturated heterocycles. The average molecular weight is 807 g/mol. The lowest BCUT2D eigenvalue weighted by atomic mass is 9.79. The van der Waals surface area contributed by atoms with Gasteiger partial charge in [-0.1, -0.05) is 205 Å². The molecule has 9 aromatic rings. The Morgan fingerprint density at radius 3 is 0.905 bits per heavy atom. The lowest BCUT2D eigenvalue weighted by molar-refractivity contribution is 0.659. The standard InChI is InChI=1S/C63H50/c1-61(2)55-19-13-12-18-49(55)50-29-24-42(34-56(50)61)43-25-30-51-52-31-26-44(36-58(52)62(3,4)57(51)35-43)45-27-32-53-54-33-28-46(38-60(54)63(5,6)59(53)37-45)48-17-11-10-16-47(48)41-22-20-40(21-23-41)39-14-8-7-9-15-39/h7-38H,1-6H3. The summed E-state index contributed by atoms with van der Waals surface area (Å²) in [5.41, 5.74) is 28.8. The molecule has 0 atom stereocenters. The third-order valence-electron chi connectivity index (χ3n) is 15.1. The fourth-order valence-electron chi connectivity index (χ4n) is 11.5. The van der Waals surface area contributed by atoms with Crippen molar-refractivity contribution in [2.24, 2.45) is 0 Å². The van der Waals surface area contributed by atoms with Crippen LogP contribution >= 0.6 is 0 Å². The van der Waals surface area contributed by atoms with Crippen LogP contribution in [-0.2, 0) is 16.2 Å². The first kappa shape index (κ1) is 37.7. The second-order valence-corrected chi connectivity index (χ2v) is 19.7. The summed E-state index contributed by atoms with van der Waals surface area (Å²) in [6.07, 6.45) is 0. The van der Waals surface area contributed by atoms with Crippen LogP contribution in [0.15, 0.2) is 194 Å². The fraction of sp³-hybridized carbons (Fsp3) is 0.143. The molecule has 3 aliphatic rings. The van der Waals surface area contributed by atoms with Crippen LogP contribution in [0.1, 0.15) is 74.9 Å². The minimum absolute atomic E-state index is 0.0214. The van der Waals surface area contributed by atoms with Gasteiger partial charge in [0.25, 0.3) is 0 Å². The molecule has 0 aliphatic heterocycles. The van der Waals surface area contributed by atoms with Crippen LogP contribution in [0.3, 0.4) is 0 Å². The van der Waals surface area contributed by atoms with E-state index in [4.69, 9.17) is 0 Å². The quantitative estimate of drug-likeness (QED) is 0.163. The number of hydrogen-bond acceptors (Lipinski definition) is 0. The van der Waals surface area contributed by atoms with E-state index in [0.29, 0.717) is 0 Å². The van der Waals surface area contributed by atoms with Gasteiger partial charge in [-0.2, -0.15) is 0 Å². The van der Waals surface area contributed by atoms with Crippen molar-refractivity contribution in [3.63, 3.8) is 0 Å². The van der Waals surface area contributed by atoms with Crippen molar-refractivity contribution in [3.8, 4) is 89.0 Å². The van der Waals surface area contributed by atoms with Crippen molar-refractivity contribution in [3.05, 3.63) is 228 Å². The molecule has 0 bridgehead atoms. The maximum absolute atomic E-state index is 2.47. The van der Waals surface area contributed by atoms with Gasteiger partial charge >= 0.3 is 0 Å². The Balaban J connectivity index is 0.849. The zero-order valence-electron chi connectivity index (χ0n) is 37.0. The Labute approximate surface area is 372 Å². The molecule has 12 rings (SSSR count). The summed E-state index contributed by atoms with van der Waals surface area (Å²) >= 11 is 0. The Hall–Kier alpha value is -7.02. The van der Waals surface area contributed by atoms with Gasteiger partial charge < -0.3 is 0 Å². The maximum Gasteiger partial charge on any atom is 0.0159 e. The van der Waals surface area contributed by atoms with Gasteiger partial charge in [-0.05, 0) is 153 Å². The summed E-state index contributed by atoms with van der Waals surface area (Å²) in [5, 5.41) is 0. The molecule has 0 fully saturated rings. The number of hydrogen-bond donors (Lipinski definition) is 0. The van der Waals surface area contributed by atoms with Gasteiger partial charge in [0.05, 0.1) is 0 Å². The molecule has 0 spiro atoms. The largest absolute Gasteiger partial charge is 0.0622 e. The van der Waals surface area contributed by atoms with E-state index in [1.54, 1.807) is 0 Å². The monoisotopic (exact) mass is 806 g/mol. The van der Waals surface area contributed by atoms with Gasteiger partial charge in [-0.15, -0.1) is 0 Å².